The molecule has 2 fully saturated rings. The van der Waals surface area contributed by atoms with Crippen molar-refractivity contribution < 1.29 is 28.2 Å². The average Bonchev–Trinajstić information content (AvgIpc) is 2.94. The van der Waals surface area contributed by atoms with Crippen LogP contribution in [-0.2, 0) is 19.6 Å². The first-order valence-electron chi connectivity index (χ1n) is 6.46. The second kappa shape index (κ2) is 5.30. The highest BCUT2D eigenvalue weighted by Gasteiger charge is 2.50. The molecule has 2 rings (SSSR count). The summed E-state index contributed by atoms with van der Waals surface area (Å²) in [5.74, 6) is -2.94. The van der Waals surface area contributed by atoms with Gasteiger partial charge in [-0.3, -0.25) is 9.59 Å². The fourth-order valence-electron chi connectivity index (χ4n) is 3.06. The van der Waals surface area contributed by atoms with Crippen LogP contribution < -0.4 is 5.73 Å². The van der Waals surface area contributed by atoms with E-state index in [1.807, 2.05) is 0 Å². The molecule has 1 saturated heterocycles. The monoisotopic (exact) mass is 306 g/mol. The number of nitrogens with two attached hydrogens (primary N) is 1. The summed E-state index contributed by atoms with van der Waals surface area (Å²) in [6, 6.07) is -1.09. The quantitative estimate of drug-likeness (QED) is 0.577. The standard InChI is InChI=1S/C11H18N2O6S/c12-10(15)8-4-6(14)5-13(8)20(18,19)9-3-1-2-7(9)11(16)17/h6-9,14H,1-5H2,(H2,12,15)(H,16,17). The molecule has 1 aliphatic heterocycles. The minimum atomic E-state index is -3.97. The van der Waals surface area contributed by atoms with Crippen molar-refractivity contribution in [2.45, 2.75) is 43.1 Å². The van der Waals surface area contributed by atoms with Crippen LogP contribution in [0.25, 0.3) is 0 Å². The van der Waals surface area contributed by atoms with E-state index in [1.165, 1.54) is 0 Å². The topological polar surface area (TPSA) is 138 Å². The predicted molar refractivity (Wildman–Crippen MR) is 68.0 cm³/mol. The molecule has 4 atom stereocenters. The lowest BCUT2D eigenvalue weighted by Crippen LogP contribution is -2.49. The Morgan fingerprint density at radius 1 is 1.25 bits per heavy atom. The first kappa shape index (κ1) is 15.2. The summed E-state index contributed by atoms with van der Waals surface area (Å²) in [4.78, 5) is 22.5. The summed E-state index contributed by atoms with van der Waals surface area (Å²) in [5, 5.41) is 17.6. The van der Waals surface area contributed by atoms with E-state index in [0.717, 1.165) is 4.31 Å². The van der Waals surface area contributed by atoms with Crippen molar-refractivity contribution in [3.8, 4) is 0 Å². The number of rotatable bonds is 4. The van der Waals surface area contributed by atoms with E-state index in [4.69, 9.17) is 10.8 Å². The second-order valence-corrected chi connectivity index (χ2v) is 7.44. The van der Waals surface area contributed by atoms with Crippen LogP contribution in [0.1, 0.15) is 25.7 Å². The maximum Gasteiger partial charge on any atom is 0.307 e. The third-order valence-corrected chi connectivity index (χ3v) is 6.43. The zero-order valence-corrected chi connectivity index (χ0v) is 11.6. The van der Waals surface area contributed by atoms with Crippen molar-refractivity contribution >= 4 is 21.9 Å². The molecule has 1 saturated carbocycles. The molecule has 0 bridgehead atoms. The first-order valence-corrected chi connectivity index (χ1v) is 7.96. The molecule has 0 aromatic rings. The van der Waals surface area contributed by atoms with Gasteiger partial charge in [-0.1, -0.05) is 6.42 Å². The fraction of sp³-hybridized carbons (Fsp3) is 0.818. The van der Waals surface area contributed by atoms with Crippen molar-refractivity contribution in [1.82, 2.24) is 4.31 Å². The number of amides is 1. The van der Waals surface area contributed by atoms with Gasteiger partial charge in [0.1, 0.15) is 6.04 Å². The summed E-state index contributed by atoms with van der Waals surface area (Å²) in [7, 11) is -3.97. The molecule has 0 radical (unpaired) electrons. The average molecular weight is 306 g/mol. The highest BCUT2D eigenvalue weighted by atomic mass is 32.2. The molecule has 114 valence electrons. The molecule has 4 N–H and O–H groups in total. The normalized spacial score (nSPS) is 35.2. The lowest BCUT2D eigenvalue weighted by molar-refractivity contribution is -0.141. The van der Waals surface area contributed by atoms with E-state index in [1.54, 1.807) is 0 Å². The highest BCUT2D eigenvalue weighted by molar-refractivity contribution is 7.89. The number of aliphatic carboxylic acids is 1. The zero-order valence-electron chi connectivity index (χ0n) is 10.8. The van der Waals surface area contributed by atoms with Gasteiger partial charge in [-0.15, -0.1) is 0 Å². The Kier molecular flexibility index (Phi) is 4.03. The number of aliphatic hydroxyl groups is 1. The van der Waals surface area contributed by atoms with E-state index < -0.39 is 45.2 Å². The molecule has 2 aliphatic rings. The third kappa shape index (κ3) is 2.52. The number of sulfonamides is 1. The number of carbonyl (C=O) groups is 2. The number of primary amides is 1. The highest BCUT2D eigenvalue weighted by Crippen LogP contribution is 2.35. The second-order valence-electron chi connectivity index (χ2n) is 5.34. The minimum absolute atomic E-state index is 0.0426. The zero-order chi connectivity index (χ0) is 15.1. The van der Waals surface area contributed by atoms with Gasteiger partial charge >= 0.3 is 5.97 Å². The first-order chi connectivity index (χ1) is 9.25. The molecule has 0 aromatic carbocycles. The van der Waals surface area contributed by atoms with Crippen molar-refractivity contribution in [3.63, 3.8) is 0 Å². The molecule has 0 aromatic heterocycles. The van der Waals surface area contributed by atoms with Gasteiger partial charge in [0.15, 0.2) is 0 Å². The number of β-amino-alcohol motifs (C(OH)–C–C–N with tert-alkyl or cyclic N) is 1. The van der Waals surface area contributed by atoms with Crippen LogP contribution in [0.2, 0.25) is 0 Å². The van der Waals surface area contributed by atoms with Crippen LogP contribution in [0.5, 0.6) is 0 Å². The molecule has 1 aliphatic carbocycles. The lowest BCUT2D eigenvalue weighted by atomic mass is 10.1. The molecule has 20 heavy (non-hydrogen) atoms. The minimum Gasteiger partial charge on any atom is -0.481 e. The Labute approximate surface area is 116 Å². The Morgan fingerprint density at radius 2 is 1.90 bits per heavy atom. The van der Waals surface area contributed by atoms with Crippen molar-refractivity contribution in [1.29, 1.82) is 0 Å². The van der Waals surface area contributed by atoms with Crippen LogP contribution in [0.4, 0.5) is 0 Å². The predicted octanol–water partition coefficient (Wildman–Crippen LogP) is -1.51. The van der Waals surface area contributed by atoms with Gasteiger partial charge in [0.25, 0.3) is 0 Å². The van der Waals surface area contributed by atoms with E-state index in [9.17, 15) is 23.1 Å². The fourth-order valence-corrected chi connectivity index (χ4v) is 5.47. The molecule has 4 unspecified atom stereocenters. The van der Waals surface area contributed by atoms with Crippen LogP contribution in [0.15, 0.2) is 0 Å². The number of carboxylic acids is 1. The Bertz CT molecular complexity index is 519. The number of aliphatic hydroxyl groups excluding tert-OH is 1. The van der Waals surface area contributed by atoms with Crippen molar-refractivity contribution in [2.24, 2.45) is 11.7 Å². The van der Waals surface area contributed by atoms with Gasteiger partial charge in [-0.05, 0) is 12.8 Å². The maximum absolute atomic E-state index is 12.6. The molecule has 9 heteroatoms. The molecule has 1 amide bonds. The smallest absolute Gasteiger partial charge is 0.307 e. The summed E-state index contributed by atoms with van der Waals surface area (Å²) in [6.07, 6.45) is 0.0677. The largest absolute Gasteiger partial charge is 0.481 e. The van der Waals surface area contributed by atoms with E-state index in [2.05, 4.69) is 0 Å². The van der Waals surface area contributed by atoms with E-state index in [-0.39, 0.29) is 19.4 Å². The molecular weight excluding hydrogens is 288 g/mol. The maximum atomic E-state index is 12.6. The third-order valence-electron chi connectivity index (χ3n) is 4.04. The summed E-state index contributed by atoms with van der Waals surface area (Å²) < 4.78 is 26.0. The SMILES string of the molecule is NC(=O)C1CC(O)CN1S(=O)(=O)C1CCCC1C(=O)O. The van der Waals surface area contributed by atoms with Gasteiger partial charge in [0.2, 0.25) is 15.9 Å². The van der Waals surface area contributed by atoms with Crippen LogP contribution in [0, 0.1) is 5.92 Å². The van der Waals surface area contributed by atoms with Crippen molar-refractivity contribution in [3.05, 3.63) is 0 Å². The van der Waals surface area contributed by atoms with Gasteiger partial charge in [0, 0.05) is 13.0 Å². The van der Waals surface area contributed by atoms with Gasteiger partial charge in [0.05, 0.1) is 17.3 Å². The summed E-state index contributed by atoms with van der Waals surface area (Å²) in [6.45, 7) is -0.210. The molecular formula is C11H18N2O6S. The molecule has 8 nitrogen and oxygen atoms in total. The van der Waals surface area contributed by atoms with Gasteiger partial charge < -0.3 is 15.9 Å². The lowest BCUT2D eigenvalue weighted by Gasteiger charge is -2.26. The number of hydrogen-bond acceptors (Lipinski definition) is 5. The van der Waals surface area contributed by atoms with Gasteiger partial charge in [-0.2, -0.15) is 4.31 Å². The Morgan fingerprint density at radius 3 is 2.45 bits per heavy atom. The summed E-state index contributed by atoms with van der Waals surface area (Å²) in [5.41, 5.74) is 5.17. The van der Waals surface area contributed by atoms with Gasteiger partial charge in [-0.25, -0.2) is 8.42 Å². The van der Waals surface area contributed by atoms with E-state index in [0.29, 0.717) is 12.8 Å². The Hall–Kier alpha value is -1.19. The van der Waals surface area contributed by atoms with E-state index >= 15 is 0 Å². The van der Waals surface area contributed by atoms with Crippen LogP contribution in [-0.4, -0.2) is 58.8 Å². The van der Waals surface area contributed by atoms with Crippen LogP contribution >= 0.6 is 0 Å². The Balaban J connectivity index is 2.30. The molecule has 0 spiro atoms. The number of carboxylic acid groups (broad SMARTS) is 1. The van der Waals surface area contributed by atoms with Crippen LogP contribution in [0.3, 0.4) is 0 Å². The number of hydrogen-bond donors (Lipinski definition) is 3. The summed E-state index contributed by atoms with van der Waals surface area (Å²) >= 11 is 0. The molecule has 1 heterocycles. The number of nitrogens with zero attached hydrogens (tertiary/aromatic N) is 1. The number of carbonyl (C=O) groups excluding carboxylic acids is 1. The van der Waals surface area contributed by atoms with Crippen molar-refractivity contribution in [2.75, 3.05) is 6.54 Å².